The van der Waals surface area contributed by atoms with Crippen LogP contribution < -0.4 is 11.1 Å². The summed E-state index contributed by atoms with van der Waals surface area (Å²) in [7, 11) is 0. The Balaban J connectivity index is 2.18. The van der Waals surface area contributed by atoms with E-state index in [4.69, 9.17) is 15.6 Å². The maximum atomic E-state index is 9.95. The van der Waals surface area contributed by atoms with Crippen LogP contribution in [0.4, 0.5) is 11.4 Å². The van der Waals surface area contributed by atoms with Gasteiger partial charge in [-0.05, 0) is 44.0 Å². The maximum Gasteiger partial charge on any atom is 0.157 e. The summed E-state index contributed by atoms with van der Waals surface area (Å²) in [5.74, 6) is 0. The van der Waals surface area contributed by atoms with Crippen molar-refractivity contribution in [2.24, 2.45) is 0 Å². The molecule has 118 valence electrons. The summed E-state index contributed by atoms with van der Waals surface area (Å²) in [4.78, 5) is 0. The fraction of sp³-hybridized carbons (Fsp3) is 0.500. The topological polar surface area (TPSA) is 128 Å². The zero-order chi connectivity index (χ0) is 15.7. The number of rotatable bonds is 3. The van der Waals surface area contributed by atoms with E-state index in [9.17, 15) is 15.3 Å². The van der Waals surface area contributed by atoms with E-state index in [2.05, 4.69) is 37.2 Å². The summed E-state index contributed by atoms with van der Waals surface area (Å²) >= 11 is 6.59. The number of aliphatic hydroxyl groups is 4. The average molecular weight is 428 g/mol. The molecule has 7 N–H and O–H groups in total. The highest BCUT2D eigenvalue weighted by Gasteiger charge is 2.43. The van der Waals surface area contributed by atoms with Crippen LogP contribution in [0, 0.1) is 0 Å². The fourth-order valence-corrected chi connectivity index (χ4v) is 3.24. The van der Waals surface area contributed by atoms with E-state index in [1.165, 1.54) is 0 Å². The average Bonchev–Trinajstić information content (AvgIpc) is 2.45. The van der Waals surface area contributed by atoms with Gasteiger partial charge in [0, 0.05) is 14.6 Å². The highest BCUT2D eigenvalue weighted by atomic mass is 79.9. The zero-order valence-electron chi connectivity index (χ0n) is 10.8. The largest absolute Gasteiger partial charge is 0.397 e. The predicted octanol–water partition coefficient (Wildman–Crippen LogP) is 0.00560. The Hall–Kier alpha value is -0.420. The first kappa shape index (κ1) is 16.9. The number of nitrogens with one attached hydrogen (secondary N) is 1. The van der Waals surface area contributed by atoms with Crippen LogP contribution in [0.3, 0.4) is 0 Å². The standard InChI is InChI=1S/C12H16Br2N2O5/c13-5-1-4(2-6(14)8(5)15)16-12-11(20)10(19)9(18)7(3-17)21-12/h1-2,7,9-12,16-20H,3,15H2/t7-,9+,10-,11-,12-/m1/s1. The van der Waals surface area contributed by atoms with Crippen LogP contribution in [0.5, 0.6) is 0 Å². The van der Waals surface area contributed by atoms with E-state index in [1.807, 2.05) is 0 Å². The molecule has 0 unspecified atom stereocenters. The van der Waals surface area contributed by atoms with Crippen LogP contribution in [0.25, 0.3) is 0 Å². The second kappa shape index (κ2) is 6.78. The van der Waals surface area contributed by atoms with Crippen molar-refractivity contribution < 1.29 is 25.2 Å². The first-order valence-corrected chi connectivity index (χ1v) is 7.75. The Morgan fingerprint density at radius 3 is 2.19 bits per heavy atom. The van der Waals surface area contributed by atoms with Crippen LogP contribution in [-0.4, -0.2) is 57.7 Å². The van der Waals surface area contributed by atoms with Crippen LogP contribution >= 0.6 is 31.9 Å². The first-order valence-electron chi connectivity index (χ1n) is 6.16. The van der Waals surface area contributed by atoms with Crippen molar-refractivity contribution in [1.29, 1.82) is 0 Å². The van der Waals surface area contributed by atoms with Crippen LogP contribution in [0.15, 0.2) is 21.1 Å². The number of nitrogen functional groups attached to an aromatic ring is 1. The summed E-state index contributed by atoms with van der Waals surface area (Å²) in [6.07, 6.45) is -6.09. The lowest BCUT2D eigenvalue weighted by molar-refractivity contribution is -0.221. The summed E-state index contributed by atoms with van der Waals surface area (Å²) in [6.45, 7) is -0.474. The van der Waals surface area contributed by atoms with Crippen molar-refractivity contribution in [2.75, 3.05) is 17.7 Å². The van der Waals surface area contributed by atoms with Gasteiger partial charge in [0.15, 0.2) is 6.23 Å². The number of ether oxygens (including phenoxy) is 1. The molecule has 0 spiro atoms. The van der Waals surface area contributed by atoms with Gasteiger partial charge < -0.3 is 36.2 Å². The van der Waals surface area contributed by atoms with Crippen LogP contribution in [0.1, 0.15) is 0 Å². The molecule has 5 atom stereocenters. The highest BCUT2D eigenvalue weighted by Crippen LogP contribution is 2.33. The third kappa shape index (κ3) is 3.50. The van der Waals surface area contributed by atoms with Crippen molar-refractivity contribution in [3.05, 3.63) is 21.1 Å². The normalized spacial score (nSPS) is 33.0. The molecule has 1 aromatic rings. The summed E-state index contributed by atoms with van der Waals surface area (Å²) in [6, 6.07) is 3.36. The number of anilines is 2. The van der Waals surface area contributed by atoms with Crippen molar-refractivity contribution in [1.82, 2.24) is 0 Å². The van der Waals surface area contributed by atoms with Gasteiger partial charge in [-0.3, -0.25) is 0 Å². The zero-order valence-corrected chi connectivity index (χ0v) is 14.0. The van der Waals surface area contributed by atoms with E-state index >= 15 is 0 Å². The van der Waals surface area contributed by atoms with E-state index in [0.29, 0.717) is 20.3 Å². The molecule has 0 radical (unpaired) electrons. The minimum atomic E-state index is -1.42. The lowest BCUT2D eigenvalue weighted by atomic mass is 9.98. The summed E-state index contributed by atoms with van der Waals surface area (Å²) in [5.41, 5.74) is 6.89. The summed E-state index contributed by atoms with van der Waals surface area (Å²) < 4.78 is 6.65. The second-order valence-electron chi connectivity index (χ2n) is 4.75. The molecule has 1 aliphatic rings. The number of nitrogens with two attached hydrogens (primary N) is 1. The van der Waals surface area contributed by atoms with Gasteiger partial charge in [0.2, 0.25) is 0 Å². The quantitative estimate of drug-likeness (QED) is 0.375. The predicted molar refractivity (Wildman–Crippen MR) is 83.6 cm³/mol. The number of hydrogen-bond acceptors (Lipinski definition) is 7. The molecule has 0 aromatic heterocycles. The Morgan fingerprint density at radius 2 is 1.67 bits per heavy atom. The smallest absolute Gasteiger partial charge is 0.157 e. The monoisotopic (exact) mass is 426 g/mol. The minimum absolute atomic E-state index is 0.474. The van der Waals surface area contributed by atoms with Gasteiger partial charge >= 0.3 is 0 Å². The molecule has 1 heterocycles. The van der Waals surface area contributed by atoms with E-state index in [1.54, 1.807) is 12.1 Å². The third-order valence-electron chi connectivity index (χ3n) is 3.28. The van der Waals surface area contributed by atoms with E-state index < -0.39 is 37.3 Å². The number of hydrogen-bond donors (Lipinski definition) is 6. The highest BCUT2D eigenvalue weighted by molar-refractivity contribution is 9.11. The summed E-state index contributed by atoms with van der Waals surface area (Å²) in [5, 5.41) is 41.4. The van der Waals surface area contributed by atoms with Crippen molar-refractivity contribution >= 4 is 43.2 Å². The number of benzene rings is 1. The number of aliphatic hydroxyl groups excluding tert-OH is 4. The van der Waals surface area contributed by atoms with Gasteiger partial charge in [0.1, 0.15) is 24.4 Å². The van der Waals surface area contributed by atoms with Gasteiger partial charge in [-0.1, -0.05) is 0 Å². The van der Waals surface area contributed by atoms with E-state index in [-0.39, 0.29) is 0 Å². The molecule has 1 saturated heterocycles. The molecule has 0 bridgehead atoms. The van der Waals surface area contributed by atoms with E-state index in [0.717, 1.165) is 0 Å². The van der Waals surface area contributed by atoms with Gasteiger partial charge in [-0.15, -0.1) is 0 Å². The SMILES string of the molecule is Nc1c(Br)cc(N[C@@H]2O[C@H](CO)[C@H](O)[C@@H](O)[C@H]2O)cc1Br. The molecule has 0 saturated carbocycles. The Morgan fingerprint density at radius 1 is 1.10 bits per heavy atom. The minimum Gasteiger partial charge on any atom is -0.397 e. The molecule has 1 aromatic carbocycles. The van der Waals surface area contributed by atoms with Crippen molar-refractivity contribution in [2.45, 2.75) is 30.6 Å². The van der Waals surface area contributed by atoms with Gasteiger partial charge in [0.25, 0.3) is 0 Å². The molecule has 0 aliphatic carbocycles. The molecule has 7 nitrogen and oxygen atoms in total. The molecule has 0 amide bonds. The molecule has 2 rings (SSSR count). The Kier molecular flexibility index (Phi) is 5.47. The molecule has 21 heavy (non-hydrogen) atoms. The molecule has 1 aliphatic heterocycles. The first-order chi connectivity index (χ1) is 9.85. The molecule has 1 fully saturated rings. The maximum absolute atomic E-state index is 9.95. The third-order valence-corrected chi connectivity index (χ3v) is 4.59. The Bertz CT molecular complexity index is 493. The van der Waals surface area contributed by atoms with Crippen LogP contribution in [-0.2, 0) is 4.74 Å². The van der Waals surface area contributed by atoms with Gasteiger partial charge in [-0.25, -0.2) is 0 Å². The van der Waals surface area contributed by atoms with Gasteiger partial charge in [0.05, 0.1) is 12.3 Å². The molecular weight excluding hydrogens is 412 g/mol. The Labute approximate surface area is 138 Å². The molecular formula is C12H16Br2N2O5. The second-order valence-corrected chi connectivity index (χ2v) is 6.46. The van der Waals surface area contributed by atoms with Crippen molar-refractivity contribution in [3.63, 3.8) is 0 Å². The van der Waals surface area contributed by atoms with Crippen LogP contribution in [0.2, 0.25) is 0 Å². The number of halogens is 2. The lowest BCUT2D eigenvalue weighted by Gasteiger charge is -2.40. The fourth-order valence-electron chi connectivity index (χ4n) is 2.05. The lowest BCUT2D eigenvalue weighted by Crippen LogP contribution is -2.60. The van der Waals surface area contributed by atoms with Gasteiger partial charge in [-0.2, -0.15) is 0 Å². The molecule has 9 heteroatoms. The van der Waals surface area contributed by atoms with Crippen molar-refractivity contribution in [3.8, 4) is 0 Å².